The number of nitrogens with zero attached hydrogens (tertiary/aromatic N) is 1. The first-order chi connectivity index (χ1) is 10.1. The average Bonchev–Trinajstić information content (AvgIpc) is 2.53. The van der Waals surface area contributed by atoms with Crippen LogP contribution in [-0.2, 0) is 4.79 Å². The lowest BCUT2D eigenvalue weighted by atomic mass is 10.2. The SMILES string of the molecule is CN(C(=O)c1ccccc1)c1ccc(OCC(=O)[O-])cc1. The zero-order chi connectivity index (χ0) is 15.2. The fourth-order valence-corrected chi connectivity index (χ4v) is 1.80. The van der Waals surface area contributed by atoms with Gasteiger partial charge in [-0.3, -0.25) is 4.79 Å². The zero-order valence-corrected chi connectivity index (χ0v) is 11.5. The summed E-state index contributed by atoms with van der Waals surface area (Å²) in [7, 11) is 1.67. The molecule has 2 aromatic carbocycles. The number of hydrogen-bond acceptors (Lipinski definition) is 4. The summed E-state index contributed by atoms with van der Waals surface area (Å²) in [5.74, 6) is -1.00. The van der Waals surface area contributed by atoms with E-state index in [2.05, 4.69) is 0 Å². The number of carboxylic acid groups (broad SMARTS) is 1. The van der Waals surface area contributed by atoms with E-state index >= 15 is 0 Å². The standard InChI is InChI=1S/C16H15NO4/c1-17(16(20)12-5-3-2-4-6-12)13-7-9-14(10-8-13)21-11-15(18)19/h2-10H,11H2,1H3,(H,18,19)/p-1. The van der Waals surface area contributed by atoms with Gasteiger partial charge in [-0.25, -0.2) is 0 Å². The third kappa shape index (κ3) is 3.82. The highest BCUT2D eigenvalue weighted by Crippen LogP contribution is 2.20. The Morgan fingerprint density at radius 1 is 1.05 bits per heavy atom. The first-order valence-corrected chi connectivity index (χ1v) is 6.34. The van der Waals surface area contributed by atoms with Gasteiger partial charge in [-0.15, -0.1) is 0 Å². The summed E-state index contributed by atoms with van der Waals surface area (Å²) >= 11 is 0. The van der Waals surface area contributed by atoms with Gasteiger partial charge in [0, 0.05) is 18.3 Å². The molecule has 0 spiro atoms. The van der Waals surface area contributed by atoms with Gasteiger partial charge in [0.2, 0.25) is 0 Å². The molecular weight excluding hydrogens is 270 g/mol. The van der Waals surface area contributed by atoms with Gasteiger partial charge in [-0.1, -0.05) is 18.2 Å². The number of carbonyl (C=O) groups is 2. The molecule has 0 N–H and O–H groups in total. The van der Waals surface area contributed by atoms with E-state index < -0.39 is 12.6 Å². The molecule has 0 heterocycles. The highest BCUT2D eigenvalue weighted by molar-refractivity contribution is 6.05. The van der Waals surface area contributed by atoms with Crippen LogP contribution in [0.4, 0.5) is 5.69 Å². The van der Waals surface area contributed by atoms with Gasteiger partial charge >= 0.3 is 0 Å². The number of benzene rings is 2. The minimum Gasteiger partial charge on any atom is -0.546 e. The van der Waals surface area contributed by atoms with Gasteiger partial charge in [0.1, 0.15) is 12.4 Å². The van der Waals surface area contributed by atoms with Crippen LogP contribution >= 0.6 is 0 Å². The van der Waals surface area contributed by atoms with Gasteiger partial charge < -0.3 is 19.5 Å². The Morgan fingerprint density at radius 2 is 1.67 bits per heavy atom. The molecule has 0 saturated carbocycles. The molecule has 2 rings (SSSR count). The summed E-state index contributed by atoms with van der Waals surface area (Å²) in [5, 5.41) is 10.3. The number of carboxylic acids is 1. The van der Waals surface area contributed by atoms with Crippen LogP contribution < -0.4 is 14.7 Å². The molecular formula is C16H14NO4-. The number of rotatable bonds is 5. The van der Waals surface area contributed by atoms with Crippen LogP contribution in [0.25, 0.3) is 0 Å². The molecule has 0 atom stereocenters. The molecule has 0 radical (unpaired) electrons. The monoisotopic (exact) mass is 284 g/mol. The Balaban J connectivity index is 2.07. The van der Waals surface area contributed by atoms with E-state index in [1.807, 2.05) is 6.07 Å². The maximum Gasteiger partial charge on any atom is 0.258 e. The van der Waals surface area contributed by atoms with E-state index in [9.17, 15) is 14.7 Å². The van der Waals surface area contributed by atoms with Crippen molar-refractivity contribution in [3.8, 4) is 5.75 Å². The number of anilines is 1. The summed E-state index contributed by atoms with van der Waals surface area (Å²) in [4.78, 5) is 24.1. The van der Waals surface area contributed by atoms with Crippen LogP contribution in [-0.4, -0.2) is 25.5 Å². The molecule has 0 aliphatic carbocycles. The Morgan fingerprint density at radius 3 is 2.24 bits per heavy atom. The smallest absolute Gasteiger partial charge is 0.258 e. The maximum absolute atomic E-state index is 12.3. The molecule has 0 unspecified atom stereocenters. The molecule has 0 saturated heterocycles. The van der Waals surface area contributed by atoms with E-state index in [0.29, 0.717) is 17.0 Å². The summed E-state index contributed by atoms with van der Waals surface area (Å²) < 4.78 is 4.98. The molecule has 0 aliphatic rings. The lowest BCUT2D eigenvalue weighted by Crippen LogP contribution is -2.29. The number of ether oxygens (including phenoxy) is 1. The fourth-order valence-electron chi connectivity index (χ4n) is 1.80. The van der Waals surface area contributed by atoms with E-state index in [-0.39, 0.29) is 5.91 Å². The molecule has 108 valence electrons. The van der Waals surface area contributed by atoms with Gasteiger partial charge in [-0.05, 0) is 36.4 Å². The largest absolute Gasteiger partial charge is 0.546 e. The predicted octanol–water partition coefficient (Wildman–Crippen LogP) is 1.09. The number of amides is 1. The Bertz CT molecular complexity index is 622. The second kappa shape index (κ2) is 6.56. The maximum atomic E-state index is 12.3. The van der Waals surface area contributed by atoms with E-state index in [1.54, 1.807) is 55.6 Å². The molecule has 0 aromatic heterocycles. The van der Waals surface area contributed by atoms with Crippen LogP contribution in [0.3, 0.4) is 0 Å². The molecule has 21 heavy (non-hydrogen) atoms. The van der Waals surface area contributed by atoms with Gasteiger partial charge in [0.05, 0.1) is 5.97 Å². The van der Waals surface area contributed by atoms with Crippen LogP contribution in [0.1, 0.15) is 10.4 Å². The fraction of sp³-hybridized carbons (Fsp3) is 0.125. The summed E-state index contributed by atoms with van der Waals surface area (Å²) in [5.41, 5.74) is 1.28. The lowest BCUT2D eigenvalue weighted by molar-refractivity contribution is -0.307. The van der Waals surface area contributed by atoms with Crippen molar-refractivity contribution in [1.82, 2.24) is 0 Å². The van der Waals surface area contributed by atoms with Crippen molar-refractivity contribution in [2.75, 3.05) is 18.6 Å². The topological polar surface area (TPSA) is 69.7 Å². The Labute approximate surface area is 122 Å². The molecule has 0 aliphatic heterocycles. The molecule has 5 heteroatoms. The van der Waals surface area contributed by atoms with Crippen molar-refractivity contribution >= 4 is 17.6 Å². The average molecular weight is 284 g/mol. The van der Waals surface area contributed by atoms with E-state index in [0.717, 1.165) is 0 Å². The minimum absolute atomic E-state index is 0.126. The van der Waals surface area contributed by atoms with Gasteiger partial charge in [-0.2, -0.15) is 0 Å². The van der Waals surface area contributed by atoms with Gasteiger partial charge in [0.25, 0.3) is 5.91 Å². The van der Waals surface area contributed by atoms with Crippen molar-refractivity contribution in [1.29, 1.82) is 0 Å². The zero-order valence-electron chi connectivity index (χ0n) is 11.5. The third-order valence-electron chi connectivity index (χ3n) is 2.91. The van der Waals surface area contributed by atoms with E-state index in [1.165, 1.54) is 4.90 Å². The summed E-state index contributed by atoms with van der Waals surface area (Å²) in [6.45, 7) is -0.502. The normalized spacial score (nSPS) is 9.95. The third-order valence-corrected chi connectivity index (χ3v) is 2.91. The van der Waals surface area contributed by atoms with Crippen LogP contribution in [0.2, 0.25) is 0 Å². The Kier molecular flexibility index (Phi) is 4.56. The second-order valence-corrected chi connectivity index (χ2v) is 4.38. The predicted molar refractivity (Wildman–Crippen MR) is 76.1 cm³/mol. The lowest BCUT2D eigenvalue weighted by Gasteiger charge is -2.18. The highest BCUT2D eigenvalue weighted by atomic mass is 16.5. The Hall–Kier alpha value is -2.82. The molecule has 2 aromatic rings. The molecule has 5 nitrogen and oxygen atoms in total. The van der Waals surface area contributed by atoms with Crippen LogP contribution in [0.5, 0.6) is 5.75 Å². The number of hydrogen-bond donors (Lipinski definition) is 0. The van der Waals surface area contributed by atoms with Crippen LogP contribution in [0, 0.1) is 0 Å². The van der Waals surface area contributed by atoms with Gasteiger partial charge in [0.15, 0.2) is 0 Å². The van der Waals surface area contributed by atoms with Crippen molar-refractivity contribution < 1.29 is 19.4 Å². The first-order valence-electron chi connectivity index (χ1n) is 6.34. The highest BCUT2D eigenvalue weighted by Gasteiger charge is 2.12. The quantitative estimate of drug-likeness (QED) is 0.824. The minimum atomic E-state index is -1.28. The van der Waals surface area contributed by atoms with E-state index in [4.69, 9.17) is 4.74 Å². The molecule has 0 bridgehead atoms. The molecule has 1 amide bonds. The number of carbonyl (C=O) groups excluding carboxylic acids is 2. The molecule has 0 fully saturated rings. The van der Waals surface area contributed by atoms with Crippen molar-refractivity contribution in [2.24, 2.45) is 0 Å². The first kappa shape index (κ1) is 14.6. The van der Waals surface area contributed by atoms with Crippen molar-refractivity contribution in [3.05, 3.63) is 60.2 Å². The second-order valence-electron chi connectivity index (χ2n) is 4.38. The summed E-state index contributed by atoms with van der Waals surface area (Å²) in [6, 6.07) is 15.5. The number of aliphatic carboxylic acids is 1. The van der Waals surface area contributed by atoms with Crippen molar-refractivity contribution in [3.63, 3.8) is 0 Å². The van der Waals surface area contributed by atoms with Crippen LogP contribution in [0.15, 0.2) is 54.6 Å². The summed E-state index contributed by atoms with van der Waals surface area (Å²) in [6.07, 6.45) is 0. The van der Waals surface area contributed by atoms with Crippen molar-refractivity contribution in [2.45, 2.75) is 0 Å².